The molecular weight excluding hydrogens is 498 g/mol. The molecule has 0 radical (unpaired) electrons. The summed E-state index contributed by atoms with van der Waals surface area (Å²) in [6.45, 7) is 7.53. The SMILES string of the molecule is CC(=O)N1CC(S(=O)(=O)N2CC(N3CCc4c(-c5cnc(N)nc5)nc(N5CCOCC5C)nc43)C2)C1. The van der Waals surface area contributed by atoms with Gasteiger partial charge in [-0.2, -0.15) is 9.29 Å². The van der Waals surface area contributed by atoms with Crippen LogP contribution in [0, 0.1) is 0 Å². The van der Waals surface area contributed by atoms with Crippen LogP contribution in [0.3, 0.4) is 0 Å². The number of aromatic nitrogens is 4. The third-order valence-corrected chi connectivity index (χ3v) is 9.92. The van der Waals surface area contributed by atoms with Gasteiger partial charge in [-0.25, -0.2) is 23.4 Å². The molecule has 6 heterocycles. The molecule has 3 fully saturated rings. The monoisotopic (exact) mass is 529 g/mol. The van der Waals surface area contributed by atoms with Crippen molar-refractivity contribution in [3.8, 4) is 11.3 Å². The summed E-state index contributed by atoms with van der Waals surface area (Å²) < 4.78 is 33.2. The number of hydrogen-bond donors (Lipinski definition) is 1. The van der Waals surface area contributed by atoms with Crippen LogP contribution in [0.2, 0.25) is 0 Å². The zero-order chi connectivity index (χ0) is 25.9. The van der Waals surface area contributed by atoms with E-state index in [1.54, 1.807) is 21.6 Å². The zero-order valence-corrected chi connectivity index (χ0v) is 21.8. The summed E-state index contributed by atoms with van der Waals surface area (Å²) in [5, 5.41) is -0.517. The molecule has 6 rings (SSSR count). The minimum absolute atomic E-state index is 0.0281. The van der Waals surface area contributed by atoms with Gasteiger partial charge in [-0.3, -0.25) is 4.79 Å². The first-order valence-electron chi connectivity index (χ1n) is 12.6. The molecule has 1 amide bonds. The molecular formula is C23H31N9O4S. The first-order chi connectivity index (χ1) is 17.7. The first kappa shape index (κ1) is 24.2. The molecule has 1 unspecified atom stereocenters. The van der Waals surface area contributed by atoms with E-state index in [4.69, 9.17) is 20.4 Å². The molecule has 0 bridgehead atoms. The fourth-order valence-corrected chi connectivity index (χ4v) is 7.31. The number of rotatable bonds is 5. The van der Waals surface area contributed by atoms with Gasteiger partial charge >= 0.3 is 0 Å². The maximum Gasteiger partial charge on any atom is 0.228 e. The smallest absolute Gasteiger partial charge is 0.228 e. The molecule has 37 heavy (non-hydrogen) atoms. The highest BCUT2D eigenvalue weighted by Crippen LogP contribution is 2.39. The lowest BCUT2D eigenvalue weighted by atomic mass is 10.1. The molecule has 3 saturated heterocycles. The average Bonchev–Trinajstić information content (AvgIpc) is 3.20. The summed E-state index contributed by atoms with van der Waals surface area (Å²) in [6.07, 6.45) is 4.11. The summed E-state index contributed by atoms with van der Waals surface area (Å²) in [7, 11) is -3.43. The van der Waals surface area contributed by atoms with E-state index in [1.807, 2.05) is 0 Å². The van der Waals surface area contributed by atoms with Crippen molar-refractivity contribution < 1.29 is 17.9 Å². The van der Waals surface area contributed by atoms with Crippen molar-refractivity contribution >= 4 is 33.6 Å². The van der Waals surface area contributed by atoms with Gasteiger partial charge in [0.15, 0.2) is 0 Å². The molecule has 0 spiro atoms. The van der Waals surface area contributed by atoms with Gasteiger partial charge in [0.2, 0.25) is 27.8 Å². The van der Waals surface area contributed by atoms with Crippen LogP contribution in [0.5, 0.6) is 0 Å². The highest BCUT2D eigenvalue weighted by molar-refractivity contribution is 7.89. The molecule has 2 aromatic rings. The third-order valence-electron chi connectivity index (χ3n) is 7.76. The second-order valence-corrected chi connectivity index (χ2v) is 12.3. The largest absolute Gasteiger partial charge is 0.377 e. The standard InChI is InChI=1S/C23H31N9O4S/c1-14-13-36-6-5-31(14)23-27-20(16-7-25-22(24)26-8-16)19-3-4-32(21(19)28-23)17-9-30(10-17)37(34,35)18-11-29(12-18)15(2)33/h7-8,14,17-18H,3-6,9-13H2,1-2H3,(H2,24,25,26). The fraction of sp³-hybridized carbons (Fsp3) is 0.609. The summed E-state index contributed by atoms with van der Waals surface area (Å²) in [5.41, 5.74) is 8.28. The van der Waals surface area contributed by atoms with E-state index < -0.39 is 15.3 Å². The van der Waals surface area contributed by atoms with Crippen molar-refractivity contribution in [1.82, 2.24) is 29.1 Å². The molecule has 14 heteroatoms. The molecule has 4 aliphatic heterocycles. The Hall–Kier alpha value is -3.10. The van der Waals surface area contributed by atoms with Crippen molar-refractivity contribution in [3.63, 3.8) is 0 Å². The van der Waals surface area contributed by atoms with E-state index in [9.17, 15) is 13.2 Å². The topological polar surface area (TPSA) is 151 Å². The van der Waals surface area contributed by atoms with Crippen LogP contribution in [0.1, 0.15) is 19.4 Å². The van der Waals surface area contributed by atoms with Gasteiger partial charge in [-0.05, 0) is 13.3 Å². The number of likely N-dealkylation sites (tertiary alicyclic amines) is 1. The quantitative estimate of drug-likeness (QED) is 0.526. The van der Waals surface area contributed by atoms with Crippen LogP contribution in [0.25, 0.3) is 11.3 Å². The Bertz CT molecular complexity index is 1310. The number of hydrogen-bond acceptors (Lipinski definition) is 11. The molecule has 1 atom stereocenters. The summed E-state index contributed by atoms with van der Waals surface area (Å²) in [5.74, 6) is 1.57. The van der Waals surface area contributed by atoms with E-state index >= 15 is 0 Å². The summed E-state index contributed by atoms with van der Waals surface area (Å²) in [6, 6.07) is 0.152. The van der Waals surface area contributed by atoms with Crippen LogP contribution in [0.15, 0.2) is 12.4 Å². The van der Waals surface area contributed by atoms with E-state index in [-0.39, 0.29) is 37.0 Å². The average molecular weight is 530 g/mol. The lowest BCUT2D eigenvalue weighted by Crippen LogP contribution is -2.67. The Morgan fingerprint density at radius 2 is 1.81 bits per heavy atom. The van der Waals surface area contributed by atoms with Crippen LogP contribution < -0.4 is 15.5 Å². The number of carbonyl (C=O) groups excluding carboxylic acids is 1. The lowest BCUT2D eigenvalue weighted by Gasteiger charge is -2.47. The second kappa shape index (κ2) is 9.03. The van der Waals surface area contributed by atoms with Crippen LogP contribution >= 0.6 is 0 Å². The maximum absolute atomic E-state index is 13.0. The molecule has 0 saturated carbocycles. The number of ether oxygens (including phenoxy) is 1. The Morgan fingerprint density at radius 1 is 1.08 bits per heavy atom. The van der Waals surface area contributed by atoms with Gasteiger partial charge in [0, 0.05) is 69.7 Å². The number of fused-ring (bicyclic) bond motifs is 1. The van der Waals surface area contributed by atoms with Crippen molar-refractivity contribution in [1.29, 1.82) is 0 Å². The molecule has 198 valence electrons. The van der Waals surface area contributed by atoms with Gasteiger partial charge in [-0.1, -0.05) is 0 Å². The Labute approximate surface area is 215 Å². The van der Waals surface area contributed by atoms with Crippen LogP contribution in [-0.2, 0) is 26.0 Å². The number of nitrogen functional groups attached to an aromatic ring is 1. The van der Waals surface area contributed by atoms with Crippen LogP contribution in [0.4, 0.5) is 17.7 Å². The van der Waals surface area contributed by atoms with E-state index in [0.717, 1.165) is 35.6 Å². The summed E-state index contributed by atoms with van der Waals surface area (Å²) in [4.78, 5) is 35.7. The van der Waals surface area contributed by atoms with Gasteiger partial charge in [0.05, 0.1) is 31.0 Å². The lowest BCUT2D eigenvalue weighted by molar-refractivity contribution is -0.131. The minimum atomic E-state index is -3.43. The molecule has 0 aliphatic carbocycles. The number of sulfonamides is 1. The Balaban J connectivity index is 1.27. The molecule has 0 aromatic carbocycles. The molecule has 13 nitrogen and oxygen atoms in total. The van der Waals surface area contributed by atoms with Crippen LogP contribution in [-0.4, -0.2) is 113 Å². The molecule has 2 aromatic heterocycles. The van der Waals surface area contributed by atoms with Crippen molar-refractivity contribution in [2.45, 2.75) is 37.6 Å². The predicted molar refractivity (Wildman–Crippen MR) is 136 cm³/mol. The molecule has 4 aliphatic rings. The van der Waals surface area contributed by atoms with Gasteiger partial charge in [0.25, 0.3) is 0 Å². The number of nitrogens with zero attached hydrogens (tertiary/aromatic N) is 8. The molecule has 2 N–H and O–H groups in total. The number of anilines is 3. The Kier molecular flexibility index (Phi) is 5.92. The number of morpholine rings is 1. The van der Waals surface area contributed by atoms with Gasteiger partial charge in [0.1, 0.15) is 11.1 Å². The fourth-order valence-electron chi connectivity index (χ4n) is 5.39. The van der Waals surface area contributed by atoms with Gasteiger partial charge in [-0.15, -0.1) is 0 Å². The van der Waals surface area contributed by atoms with E-state index in [1.165, 1.54) is 6.92 Å². The van der Waals surface area contributed by atoms with E-state index in [0.29, 0.717) is 38.8 Å². The predicted octanol–water partition coefficient (Wildman–Crippen LogP) is -0.652. The van der Waals surface area contributed by atoms with E-state index in [2.05, 4.69) is 26.7 Å². The van der Waals surface area contributed by atoms with Gasteiger partial charge < -0.3 is 25.2 Å². The highest BCUT2D eigenvalue weighted by atomic mass is 32.2. The normalized spacial score (nSPS) is 23.1. The summed E-state index contributed by atoms with van der Waals surface area (Å²) >= 11 is 0. The number of amides is 1. The van der Waals surface area contributed by atoms with Crippen molar-refractivity contribution in [2.24, 2.45) is 0 Å². The van der Waals surface area contributed by atoms with Crippen molar-refractivity contribution in [3.05, 3.63) is 18.0 Å². The third kappa shape index (κ3) is 4.16. The minimum Gasteiger partial charge on any atom is -0.377 e. The van der Waals surface area contributed by atoms with Crippen molar-refractivity contribution in [2.75, 3.05) is 68.0 Å². The maximum atomic E-state index is 13.0. The Morgan fingerprint density at radius 3 is 2.49 bits per heavy atom. The number of carbonyl (C=O) groups is 1. The highest BCUT2D eigenvalue weighted by Gasteiger charge is 2.48. The zero-order valence-electron chi connectivity index (χ0n) is 20.9. The number of nitrogens with two attached hydrogens (primary N) is 1. The first-order valence-corrected chi connectivity index (χ1v) is 14.1. The second-order valence-electron chi connectivity index (χ2n) is 10.1.